The van der Waals surface area contributed by atoms with Gasteiger partial charge in [0.1, 0.15) is 12.6 Å². The fourth-order valence-corrected chi connectivity index (χ4v) is 3.98. The van der Waals surface area contributed by atoms with Crippen LogP contribution in [0.5, 0.6) is 0 Å². The molecule has 1 unspecified atom stereocenters. The molecular formula is C25H50NO3+. The molecule has 0 aliphatic heterocycles. The van der Waals surface area contributed by atoms with Gasteiger partial charge in [-0.3, -0.25) is 0 Å². The van der Waals surface area contributed by atoms with Gasteiger partial charge in [-0.2, -0.15) is 0 Å². The smallest absolute Gasteiger partial charge is 0.359 e. The maximum atomic E-state index is 11.0. The SMILES string of the molecule is C=CCOC(CCCCCCCCCCCCCCCC)C[N+](C)(C)CC(=O)O. The number of hydrogen-bond acceptors (Lipinski definition) is 2. The van der Waals surface area contributed by atoms with E-state index in [1.807, 2.05) is 14.1 Å². The van der Waals surface area contributed by atoms with Crippen LogP contribution in [0.25, 0.3) is 0 Å². The largest absolute Gasteiger partial charge is 0.477 e. The summed E-state index contributed by atoms with van der Waals surface area (Å²) in [6.45, 7) is 7.41. The van der Waals surface area contributed by atoms with Gasteiger partial charge in [0, 0.05) is 0 Å². The van der Waals surface area contributed by atoms with Crippen molar-refractivity contribution in [2.45, 2.75) is 109 Å². The fourth-order valence-electron chi connectivity index (χ4n) is 3.98. The summed E-state index contributed by atoms with van der Waals surface area (Å²) in [4.78, 5) is 11.0. The van der Waals surface area contributed by atoms with E-state index in [0.717, 1.165) is 19.4 Å². The minimum atomic E-state index is -0.756. The Labute approximate surface area is 181 Å². The predicted octanol–water partition coefficient (Wildman–Crippen LogP) is 6.59. The molecule has 0 saturated heterocycles. The second-order valence-electron chi connectivity index (χ2n) is 9.30. The third kappa shape index (κ3) is 20.2. The van der Waals surface area contributed by atoms with Crippen molar-refractivity contribution in [2.24, 2.45) is 0 Å². The highest BCUT2D eigenvalue weighted by Crippen LogP contribution is 2.15. The molecule has 0 aromatic heterocycles. The van der Waals surface area contributed by atoms with Crippen LogP contribution in [0.4, 0.5) is 0 Å². The molecule has 1 atom stereocenters. The zero-order valence-corrected chi connectivity index (χ0v) is 19.8. The highest BCUT2D eigenvalue weighted by molar-refractivity contribution is 5.67. The lowest BCUT2D eigenvalue weighted by Gasteiger charge is -2.31. The molecule has 0 aromatic rings. The lowest BCUT2D eigenvalue weighted by molar-refractivity contribution is -0.886. The van der Waals surface area contributed by atoms with Crippen molar-refractivity contribution < 1.29 is 19.1 Å². The lowest BCUT2D eigenvalue weighted by atomic mass is 10.0. The minimum Gasteiger partial charge on any atom is -0.477 e. The van der Waals surface area contributed by atoms with Gasteiger partial charge in [0.2, 0.25) is 0 Å². The monoisotopic (exact) mass is 412 g/mol. The molecule has 0 radical (unpaired) electrons. The average Bonchev–Trinajstić information content (AvgIpc) is 2.64. The highest BCUT2D eigenvalue weighted by atomic mass is 16.5. The van der Waals surface area contributed by atoms with Crippen molar-refractivity contribution in [1.82, 2.24) is 0 Å². The number of quaternary nitrogens is 1. The first kappa shape index (κ1) is 28.1. The van der Waals surface area contributed by atoms with Gasteiger partial charge in [-0.05, 0) is 6.42 Å². The molecule has 0 aromatic carbocycles. The van der Waals surface area contributed by atoms with Crippen LogP contribution in [0.15, 0.2) is 12.7 Å². The number of hydrogen-bond donors (Lipinski definition) is 1. The fraction of sp³-hybridized carbons (Fsp3) is 0.880. The van der Waals surface area contributed by atoms with Gasteiger partial charge in [-0.25, -0.2) is 4.79 Å². The molecule has 29 heavy (non-hydrogen) atoms. The normalized spacial score (nSPS) is 12.8. The van der Waals surface area contributed by atoms with E-state index in [4.69, 9.17) is 9.84 Å². The second kappa shape index (κ2) is 19.1. The van der Waals surface area contributed by atoms with Crippen LogP contribution in [-0.4, -0.2) is 55.5 Å². The zero-order valence-electron chi connectivity index (χ0n) is 19.8. The van der Waals surface area contributed by atoms with E-state index in [9.17, 15) is 4.79 Å². The molecule has 0 saturated carbocycles. The van der Waals surface area contributed by atoms with Crippen LogP contribution >= 0.6 is 0 Å². The van der Waals surface area contributed by atoms with E-state index in [1.54, 1.807) is 6.08 Å². The molecule has 1 N–H and O–H groups in total. The summed E-state index contributed by atoms with van der Waals surface area (Å²) in [5.41, 5.74) is 0. The van der Waals surface area contributed by atoms with Gasteiger partial charge in [0.25, 0.3) is 0 Å². The van der Waals surface area contributed by atoms with E-state index in [-0.39, 0.29) is 12.6 Å². The molecular weight excluding hydrogens is 362 g/mol. The molecule has 0 aliphatic rings. The van der Waals surface area contributed by atoms with Crippen molar-refractivity contribution in [2.75, 3.05) is 33.8 Å². The molecule has 0 aliphatic carbocycles. The van der Waals surface area contributed by atoms with Crippen molar-refractivity contribution in [3.8, 4) is 0 Å². The van der Waals surface area contributed by atoms with Crippen molar-refractivity contribution in [3.63, 3.8) is 0 Å². The van der Waals surface area contributed by atoms with Gasteiger partial charge < -0.3 is 14.3 Å². The molecule has 4 nitrogen and oxygen atoms in total. The highest BCUT2D eigenvalue weighted by Gasteiger charge is 2.25. The first-order chi connectivity index (χ1) is 13.9. The quantitative estimate of drug-likeness (QED) is 0.124. The number of likely N-dealkylation sites (N-methyl/N-ethyl adjacent to an activating group) is 1. The van der Waals surface area contributed by atoms with Crippen LogP contribution in [0.2, 0.25) is 0 Å². The molecule has 172 valence electrons. The molecule has 0 spiro atoms. The average molecular weight is 413 g/mol. The summed E-state index contributed by atoms with van der Waals surface area (Å²) >= 11 is 0. The maximum absolute atomic E-state index is 11.0. The third-order valence-corrected chi connectivity index (χ3v) is 5.59. The van der Waals surface area contributed by atoms with Crippen LogP contribution in [0.1, 0.15) is 103 Å². The molecule has 0 heterocycles. The number of aliphatic carboxylic acids is 1. The number of nitrogens with zero attached hydrogens (tertiary/aromatic N) is 1. The number of carbonyl (C=O) groups is 1. The number of carboxylic acid groups (broad SMARTS) is 1. The van der Waals surface area contributed by atoms with Gasteiger partial charge >= 0.3 is 5.97 Å². The van der Waals surface area contributed by atoms with E-state index in [0.29, 0.717) is 11.1 Å². The number of carboxylic acids is 1. The van der Waals surface area contributed by atoms with Gasteiger partial charge in [0.05, 0.1) is 20.7 Å². The Hall–Kier alpha value is -0.870. The van der Waals surface area contributed by atoms with Crippen molar-refractivity contribution >= 4 is 5.97 Å². The maximum Gasteiger partial charge on any atom is 0.359 e. The molecule has 0 bridgehead atoms. The third-order valence-electron chi connectivity index (χ3n) is 5.59. The standard InChI is InChI=1S/C25H49NO3/c1-5-7-8-9-10-11-12-13-14-15-16-17-18-19-20-24(29-21-6-2)22-26(3,4)23-25(27)28/h6,24H,2,5,7-23H2,1,3-4H3/p+1. The van der Waals surface area contributed by atoms with Crippen molar-refractivity contribution in [3.05, 3.63) is 12.7 Å². The number of ether oxygens (including phenoxy) is 1. The number of unbranched alkanes of at least 4 members (excludes halogenated alkanes) is 13. The number of rotatable bonds is 22. The minimum absolute atomic E-state index is 0.111. The van der Waals surface area contributed by atoms with Crippen LogP contribution in [0.3, 0.4) is 0 Å². The predicted molar refractivity (Wildman–Crippen MR) is 124 cm³/mol. The Morgan fingerprint density at radius 3 is 1.76 bits per heavy atom. The van der Waals surface area contributed by atoms with Crippen LogP contribution in [0, 0.1) is 0 Å². The molecule has 0 fully saturated rings. The summed E-state index contributed by atoms with van der Waals surface area (Å²) in [5, 5.41) is 9.07. The first-order valence-corrected chi connectivity index (χ1v) is 12.2. The Morgan fingerprint density at radius 2 is 1.34 bits per heavy atom. The van der Waals surface area contributed by atoms with Gasteiger partial charge in [-0.15, -0.1) is 6.58 Å². The van der Waals surface area contributed by atoms with Crippen LogP contribution < -0.4 is 0 Å². The van der Waals surface area contributed by atoms with E-state index in [2.05, 4.69) is 13.5 Å². The van der Waals surface area contributed by atoms with Crippen molar-refractivity contribution in [1.29, 1.82) is 0 Å². The van der Waals surface area contributed by atoms with E-state index >= 15 is 0 Å². The van der Waals surface area contributed by atoms with Gasteiger partial charge in [-0.1, -0.05) is 103 Å². The summed E-state index contributed by atoms with van der Waals surface area (Å²) < 4.78 is 6.35. The van der Waals surface area contributed by atoms with Gasteiger partial charge in [0.15, 0.2) is 6.54 Å². The van der Waals surface area contributed by atoms with E-state index in [1.165, 1.54) is 83.5 Å². The Kier molecular flexibility index (Phi) is 18.5. The lowest BCUT2D eigenvalue weighted by Crippen LogP contribution is -2.49. The summed E-state index contributed by atoms with van der Waals surface area (Å²) in [7, 11) is 3.92. The zero-order chi connectivity index (χ0) is 21.8. The summed E-state index contributed by atoms with van der Waals surface area (Å²) in [5.74, 6) is -0.756. The molecule has 4 heteroatoms. The first-order valence-electron chi connectivity index (χ1n) is 12.2. The topological polar surface area (TPSA) is 46.5 Å². The Balaban J connectivity index is 3.69. The van der Waals surface area contributed by atoms with E-state index < -0.39 is 5.97 Å². The molecule has 0 amide bonds. The second-order valence-corrected chi connectivity index (χ2v) is 9.30. The van der Waals surface area contributed by atoms with Crippen LogP contribution in [-0.2, 0) is 9.53 Å². The molecule has 0 rings (SSSR count). The summed E-state index contributed by atoms with van der Waals surface area (Å²) in [6.07, 6.45) is 22.0. The Bertz CT molecular complexity index is 396. The summed E-state index contributed by atoms with van der Waals surface area (Å²) in [6, 6.07) is 0. The Morgan fingerprint density at radius 1 is 0.897 bits per heavy atom.